The maximum Gasteiger partial charge on any atom is 0.123 e. The van der Waals surface area contributed by atoms with Crippen molar-refractivity contribution in [3.05, 3.63) is 35.6 Å². The van der Waals surface area contributed by atoms with Crippen LogP contribution in [0.1, 0.15) is 23.8 Å². The molecule has 1 aliphatic rings. The summed E-state index contributed by atoms with van der Waals surface area (Å²) >= 11 is 1.73. The third-order valence-electron chi connectivity index (χ3n) is 3.38. The molecule has 1 saturated carbocycles. The molecule has 0 N–H and O–H groups in total. The van der Waals surface area contributed by atoms with E-state index < -0.39 is 0 Å². The van der Waals surface area contributed by atoms with Gasteiger partial charge in [0.15, 0.2) is 0 Å². The number of aromatic nitrogens is 3. The summed E-state index contributed by atoms with van der Waals surface area (Å²) in [6, 6.07) is 7.16. The van der Waals surface area contributed by atoms with Crippen LogP contribution in [0.2, 0.25) is 0 Å². The summed E-state index contributed by atoms with van der Waals surface area (Å²) in [5.74, 6) is 0. The summed E-state index contributed by atoms with van der Waals surface area (Å²) in [7, 11) is 0. The minimum Gasteiger partial charge on any atom is -0.327 e. The van der Waals surface area contributed by atoms with Crippen molar-refractivity contribution < 1.29 is 0 Å². The second kappa shape index (κ2) is 3.65. The highest BCUT2D eigenvalue weighted by Crippen LogP contribution is 2.37. The molecule has 0 spiro atoms. The van der Waals surface area contributed by atoms with Crippen molar-refractivity contribution in [3.8, 4) is 10.6 Å². The molecule has 0 saturated heterocycles. The summed E-state index contributed by atoms with van der Waals surface area (Å²) in [6.45, 7) is 2.08. The molecule has 4 heteroatoms. The molecular weight excluding hydrogens is 242 g/mol. The van der Waals surface area contributed by atoms with Crippen molar-refractivity contribution >= 4 is 22.4 Å². The first-order chi connectivity index (χ1) is 8.81. The molecule has 1 fully saturated rings. The molecule has 0 amide bonds. The van der Waals surface area contributed by atoms with Crippen LogP contribution in [-0.2, 0) is 0 Å². The van der Waals surface area contributed by atoms with Crippen LogP contribution in [0.3, 0.4) is 0 Å². The molecule has 18 heavy (non-hydrogen) atoms. The number of hydrogen-bond acceptors (Lipinski definition) is 3. The Hall–Kier alpha value is -1.68. The Balaban J connectivity index is 1.84. The smallest absolute Gasteiger partial charge is 0.123 e. The van der Waals surface area contributed by atoms with Gasteiger partial charge in [0.05, 0.1) is 17.4 Å². The lowest BCUT2D eigenvalue weighted by Gasteiger charge is -2.01. The van der Waals surface area contributed by atoms with Crippen LogP contribution < -0.4 is 0 Å². The van der Waals surface area contributed by atoms with E-state index in [0.717, 1.165) is 10.5 Å². The number of benzene rings is 1. The Morgan fingerprint density at radius 2 is 2.17 bits per heavy atom. The molecule has 3 aromatic rings. The zero-order valence-electron chi connectivity index (χ0n) is 10.1. The molecule has 0 radical (unpaired) electrons. The van der Waals surface area contributed by atoms with Gasteiger partial charge in [-0.25, -0.2) is 9.97 Å². The highest BCUT2D eigenvalue weighted by atomic mass is 32.1. The Labute approximate surface area is 109 Å². The van der Waals surface area contributed by atoms with Gasteiger partial charge in [-0.2, -0.15) is 0 Å². The van der Waals surface area contributed by atoms with Crippen LogP contribution >= 0.6 is 11.3 Å². The molecule has 1 aromatic carbocycles. The third-order valence-corrected chi connectivity index (χ3v) is 4.35. The van der Waals surface area contributed by atoms with E-state index in [1.807, 2.05) is 12.5 Å². The van der Waals surface area contributed by atoms with E-state index in [9.17, 15) is 0 Å². The van der Waals surface area contributed by atoms with E-state index in [2.05, 4.69) is 39.7 Å². The minimum absolute atomic E-state index is 0.683. The third kappa shape index (κ3) is 1.56. The van der Waals surface area contributed by atoms with E-state index in [1.54, 1.807) is 11.3 Å². The van der Waals surface area contributed by atoms with Crippen LogP contribution in [0, 0.1) is 6.92 Å². The summed E-state index contributed by atoms with van der Waals surface area (Å²) < 4.78 is 2.30. The van der Waals surface area contributed by atoms with Gasteiger partial charge in [0, 0.05) is 22.7 Å². The average molecular weight is 255 g/mol. The number of rotatable bonds is 2. The lowest BCUT2D eigenvalue weighted by Crippen LogP contribution is -1.90. The molecule has 0 unspecified atom stereocenters. The van der Waals surface area contributed by atoms with E-state index in [1.165, 1.54) is 28.8 Å². The first-order valence-corrected chi connectivity index (χ1v) is 7.02. The maximum absolute atomic E-state index is 4.51. The van der Waals surface area contributed by atoms with Gasteiger partial charge in [0.2, 0.25) is 0 Å². The predicted molar refractivity (Wildman–Crippen MR) is 73.8 cm³/mol. The molecule has 1 aliphatic carbocycles. The number of hydrogen-bond donors (Lipinski definition) is 0. The molecule has 2 aromatic heterocycles. The molecular formula is C14H13N3S. The first kappa shape index (κ1) is 10.3. The van der Waals surface area contributed by atoms with Gasteiger partial charge in [0.1, 0.15) is 5.01 Å². The Morgan fingerprint density at radius 1 is 1.28 bits per heavy atom. The van der Waals surface area contributed by atoms with Crippen molar-refractivity contribution in [3.63, 3.8) is 0 Å². The van der Waals surface area contributed by atoms with Gasteiger partial charge in [-0.1, -0.05) is 0 Å². The van der Waals surface area contributed by atoms with Crippen molar-refractivity contribution in [1.29, 1.82) is 0 Å². The monoisotopic (exact) mass is 255 g/mol. The molecule has 0 aliphatic heterocycles. The summed E-state index contributed by atoms with van der Waals surface area (Å²) in [5.41, 5.74) is 3.49. The Kier molecular flexibility index (Phi) is 2.08. The summed E-state index contributed by atoms with van der Waals surface area (Å²) in [4.78, 5) is 10.2. The molecule has 3 nitrogen and oxygen atoms in total. The minimum atomic E-state index is 0.683. The second-order valence-corrected chi connectivity index (χ2v) is 6.10. The summed E-state index contributed by atoms with van der Waals surface area (Å²) in [6.07, 6.45) is 6.48. The number of imidazole rings is 1. The van der Waals surface area contributed by atoms with Gasteiger partial charge in [-0.3, -0.25) is 0 Å². The van der Waals surface area contributed by atoms with Crippen LogP contribution in [-0.4, -0.2) is 14.5 Å². The normalized spacial score (nSPS) is 15.4. The maximum atomic E-state index is 4.51. The second-order valence-electron chi connectivity index (χ2n) is 4.86. The van der Waals surface area contributed by atoms with E-state index >= 15 is 0 Å². The molecule has 0 atom stereocenters. The first-order valence-electron chi connectivity index (χ1n) is 6.21. The Morgan fingerprint density at radius 3 is 2.89 bits per heavy atom. The number of thiazole rings is 1. The van der Waals surface area contributed by atoms with Gasteiger partial charge >= 0.3 is 0 Å². The number of nitrogens with zero attached hydrogens (tertiary/aromatic N) is 3. The highest BCUT2D eigenvalue weighted by molar-refractivity contribution is 7.14. The van der Waals surface area contributed by atoms with Gasteiger partial charge in [-0.15, -0.1) is 11.3 Å². The quantitative estimate of drug-likeness (QED) is 0.697. The SMILES string of the molecule is Cc1cnc(-c2ccc3c(c2)ncn3C2CC2)s1. The Bertz CT molecular complexity index is 722. The van der Waals surface area contributed by atoms with Crippen molar-refractivity contribution in [1.82, 2.24) is 14.5 Å². The number of aryl methyl sites for hydroxylation is 1. The van der Waals surface area contributed by atoms with Gasteiger partial charge < -0.3 is 4.57 Å². The van der Waals surface area contributed by atoms with Crippen LogP contribution in [0.4, 0.5) is 0 Å². The topological polar surface area (TPSA) is 30.7 Å². The fourth-order valence-corrected chi connectivity index (χ4v) is 3.06. The highest BCUT2D eigenvalue weighted by Gasteiger charge is 2.24. The molecule has 4 rings (SSSR count). The van der Waals surface area contributed by atoms with E-state index in [0.29, 0.717) is 6.04 Å². The molecule has 90 valence electrons. The lowest BCUT2D eigenvalue weighted by atomic mass is 10.2. The van der Waals surface area contributed by atoms with E-state index in [4.69, 9.17) is 0 Å². The predicted octanol–water partition coefficient (Wildman–Crippen LogP) is 3.80. The van der Waals surface area contributed by atoms with Crippen molar-refractivity contribution in [2.75, 3.05) is 0 Å². The van der Waals surface area contributed by atoms with Crippen LogP contribution in [0.5, 0.6) is 0 Å². The number of fused-ring (bicyclic) bond motifs is 1. The van der Waals surface area contributed by atoms with Crippen LogP contribution in [0.15, 0.2) is 30.7 Å². The molecule has 0 bridgehead atoms. The zero-order valence-corrected chi connectivity index (χ0v) is 10.9. The fraction of sp³-hybridized carbons (Fsp3) is 0.286. The standard InChI is InChI=1S/C14H13N3S/c1-9-7-15-14(18-9)10-2-5-13-12(6-10)16-8-17(13)11-3-4-11/h2,5-8,11H,3-4H2,1H3. The molecule has 2 heterocycles. The van der Waals surface area contributed by atoms with Gasteiger partial charge in [0.25, 0.3) is 0 Å². The largest absolute Gasteiger partial charge is 0.327 e. The van der Waals surface area contributed by atoms with Crippen molar-refractivity contribution in [2.24, 2.45) is 0 Å². The van der Waals surface area contributed by atoms with Crippen LogP contribution in [0.25, 0.3) is 21.6 Å². The van der Waals surface area contributed by atoms with Crippen molar-refractivity contribution in [2.45, 2.75) is 25.8 Å². The zero-order chi connectivity index (χ0) is 12.1. The average Bonchev–Trinajstić information content (AvgIpc) is 2.99. The summed E-state index contributed by atoms with van der Waals surface area (Å²) in [5, 5.41) is 1.08. The van der Waals surface area contributed by atoms with Gasteiger partial charge in [-0.05, 0) is 38.0 Å². The lowest BCUT2D eigenvalue weighted by molar-refractivity contribution is 0.766. The fourth-order valence-electron chi connectivity index (χ4n) is 2.30. The van der Waals surface area contributed by atoms with E-state index in [-0.39, 0.29) is 0 Å².